The van der Waals surface area contributed by atoms with Gasteiger partial charge >= 0.3 is 0 Å². The summed E-state index contributed by atoms with van der Waals surface area (Å²) in [6.07, 6.45) is 11.1. The van der Waals surface area contributed by atoms with Gasteiger partial charge in [0, 0.05) is 101 Å². The summed E-state index contributed by atoms with van der Waals surface area (Å²) in [7, 11) is 4.01. The summed E-state index contributed by atoms with van der Waals surface area (Å²) in [6, 6.07) is 7.14. The Kier molecular flexibility index (Phi) is 6.41. The predicted molar refractivity (Wildman–Crippen MR) is 164 cm³/mol. The molecule has 4 bridgehead atoms. The van der Waals surface area contributed by atoms with Crippen LogP contribution in [0.3, 0.4) is 0 Å². The van der Waals surface area contributed by atoms with Crippen molar-refractivity contribution in [3.8, 4) is 28.5 Å². The molecule has 0 amide bonds. The number of pyridine rings is 1. The summed E-state index contributed by atoms with van der Waals surface area (Å²) < 4.78 is 12.4. The van der Waals surface area contributed by atoms with E-state index < -0.39 is 0 Å². The summed E-state index contributed by atoms with van der Waals surface area (Å²) >= 11 is 0. The van der Waals surface area contributed by atoms with Gasteiger partial charge in [-0.2, -0.15) is 10.2 Å². The lowest BCUT2D eigenvalue weighted by Gasteiger charge is -2.34. The van der Waals surface area contributed by atoms with Gasteiger partial charge < -0.3 is 14.6 Å². The smallest absolute Gasteiger partial charge is 0.222 e. The topological polar surface area (TPSA) is 107 Å². The van der Waals surface area contributed by atoms with E-state index in [1.165, 1.54) is 31.6 Å². The van der Waals surface area contributed by atoms with Crippen molar-refractivity contribution in [2.24, 2.45) is 14.1 Å². The molecule has 12 heteroatoms. The molecule has 1 aliphatic carbocycles. The summed E-state index contributed by atoms with van der Waals surface area (Å²) in [6.45, 7) is 8.25. The van der Waals surface area contributed by atoms with Crippen molar-refractivity contribution in [2.75, 3.05) is 38.1 Å². The molecule has 1 atom stereocenters. The van der Waals surface area contributed by atoms with Gasteiger partial charge in [-0.05, 0) is 31.9 Å². The molecule has 222 valence electrons. The van der Waals surface area contributed by atoms with Crippen LogP contribution in [0, 0.1) is 0 Å². The Hall–Kier alpha value is -4.29. The Morgan fingerprint density at radius 3 is 2.70 bits per heavy atom. The van der Waals surface area contributed by atoms with Gasteiger partial charge in [0.1, 0.15) is 22.9 Å². The van der Waals surface area contributed by atoms with Gasteiger partial charge in [0.05, 0.1) is 24.4 Å². The third-order valence-electron chi connectivity index (χ3n) is 9.06. The average molecular weight is 580 g/mol. The second-order valence-corrected chi connectivity index (χ2v) is 12.1. The van der Waals surface area contributed by atoms with Crippen LogP contribution < -0.4 is 10.1 Å². The molecule has 0 unspecified atom stereocenters. The normalized spacial score (nSPS) is 19.7. The molecule has 2 fully saturated rings. The van der Waals surface area contributed by atoms with E-state index in [2.05, 4.69) is 66.7 Å². The molecule has 5 aromatic rings. The lowest BCUT2D eigenvalue weighted by molar-refractivity contribution is 0.120. The maximum Gasteiger partial charge on any atom is 0.222 e. The van der Waals surface area contributed by atoms with E-state index in [1.807, 2.05) is 19.3 Å². The summed E-state index contributed by atoms with van der Waals surface area (Å²) in [5, 5.41) is 14.0. The molecule has 0 spiro atoms. The maximum atomic E-state index is 6.26. The zero-order valence-corrected chi connectivity index (χ0v) is 24.9. The van der Waals surface area contributed by atoms with Crippen LogP contribution >= 0.6 is 0 Å². The fourth-order valence-electron chi connectivity index (χ4n) is 6.39. The zero-order chi connectivity index (χ0) is 29.1. The second kappa shape index (κ2) is 10.5. The number of aryl methyl sites for hydroxylation is 2. The number of fused-ring (bicyclic) bond motifs is 5. The standard InChI is InChI=1S/C31H37N11O/c1-20-7-13-43-31-25(17-34-39(31)3)30-32-8-6-27(36-30)35-28-15-26-24(16-33-28)29(37-42(20)26)21-14-23(38(2)18-21)19-40-9-11-41(12-10-40)22-4-5-22/h6,8,14-18,20,22H,4-5,7,9-13,19H2,1-3H3,(H,32,33,35,36)/t20-/m0/s1. The molecule has 5 aromatic heterocycles. The van der Waals surface area contributed by atoms with Crippen molar-refractivity contribution in [3.05, 3.63) is 48.7 Å². The van der Waals surface area contributed by atoms with Crippen molar-refractivity contribution in [1.29, 1.82) is 0 Å². The van der Waals surface area contributed by atoms with E-state index in [1.54, 1.807) is 17.1 Å². The third-order valence-corrected chi connectivity index (χ3v) is 9.06. The predicted octanol–water partition coefficient (Wildman–Crippen LogP) is 3.99. The molecule has 43 heavy (non-hydrogen) atoms. The highest BCUT2D eigenvalue weighted by Gasteiger charge is 2.31. The molecule has 3 aliphatic rings. The van der Waals surface area contributed by atoms with Crippen LogP contribution in [0.1, 0.15) is 37.9 Å². The number of ether oxygens (including phenoxy) is 1. The van der Waals surface area contributed by atoms with Crippen LogP contribution in [0.15, 0.2) is 43.0 Å². The number of hydrogen-bond acceptors (Lipinski definition) is 9. The minimum atomic E-state index is 0.0890. The summed E-state index contributed by atoms with van der Waals surface area (Å²) in [4.78, 5) is 19.2. The van der Waals surface area contributed by atoms with E-state index in [0.29, 0.717) is 29.9 Å². The first-order valence-corrected chi connectivity index (χ1v) is 15.3. The van der Waals surface area contributed by atoms with Gasteiger partial charge in [-0.1, -0.05) is 0 Å². The summed E-state index contributed by atoms with van der Waals surface area (Å²) in [5.41, 5.74) is 5.14. The molecular formula is C31H37N11O. The van der Waals surface area contributed by atoms with Crippen LogP contribution in [0.5, 0.6) is 5.88 Å². The first-order valence-electron chi connectivity index (χ1n) is 15.3. The van der Waals surface area contributed by atoms with Gasteiger partial charge in [-0.3, -0.25) is 14.5 Å². The molecule has 1 N–H and O–H groups in total. The summed E-state index contributed by atoms with van der Waals surface area (Å²) in [5.74, 6) is 2.55. The van der Waals surface area contributed by atoms with E-state index in [9.17, 15) is 0 Å². The van der Waals surface area contributed by atoms with Crippen LogP contribution in [-0.2, 0) is 20.6 Å². The molecule has 1 saturated heterocycles. The SMILES string of the molecule is C[C@H]1CCOc2c(cnn2C)-c2nccc(n2)Nc2cc3c(cn2)c(-c2cc(CN4CCN(C5CC5)CC4)n(C)c2)nn31. The van der Waals surface area contributed by atoms with Crippen LogP contribution in [-0.4, -0.2) is 87.7 Å². The van der Waals surface area contributed by atoms with Crippen LogP contribution in [0.25, 0.3) is 33.5 Å². The molecule has 12 nitrogen and oxygen atoms in total. The number of nitrogens with zero attached hydrogens (tertiary/aromatic N) is 10. The molecule has 2 aliphatic heterocycles. The number of rotatable bonds is 4. The fourth-order valence-corrected chi connectivity index (χ4v) is 6.39. The number of aromatic nitrogens is 8. The van der Waals surface area contributed by atoms with Crippen molar-refractivity contribution < 1.29 is 4.74 Å². The average Bonchev–Trinajstić information content (AvgIpc) is 3.57. The minimum Gasteiger partial charge on any atom is -0.477 e. The van der Waals surface area contributed by atoms with Crippen LogP contribution in [0.2, 0.25) is 0 Å². The molecular weight excluding hydrogens is 542 g/mol. The number of nitrogens with one attached hydrogen (secondary N) is 1. The van der Waals surface area contributed by atoms with E-state index in [-0.39, 0.29) is 6.04 Å². The Morgan fingerprint density at radius 1 is 1.00 bits per heavy atom. The Bertz CT molecular complexity index is 1790. The minimum absolute atomic E-state index is 0.0890. The molecule has 0 aromatic carbocycles. The highest BCUT2D eigenvalue weighted by Crippen LogP contribution is 2.34. The highest BCUT2D eigenvalue weighted by atomic mass is 16.5. The second-order valence-electron chi connectivity index (χ2n) is 12.1. The van der Waals surface area contributed by atoms with E-state index >= 15 is 0 Å². The fraction of sp³-hybridized carbons (Fsp3) is 0.452. The van der Waals surface area contributed by atoms with Crippen molar-refractivity contribution >= 4 is 22.5 Å². The number of hydrogen-bond donors (Lipinski definition) is 1. The number of piperazine rings is 1. The lowest BCUT2D eigenvalue weighted by atomic mass is 10.1. The van der Waals surface area contributed by atoms with Crippen molar-refractivity contribution in [3.63, 3.8) is 0 Å². The van der Waals surface area contributed by atoms with E-state index in [0.717, 1.165) is 59.8 Å². The molecule has 0 radical (unpaired) electrons. The first-order chi connectivity index (χ1) is 21.0. The van der Waals surface area contributed by atoms with Crippen LogP contribution in [0.4, 0.5) is 11.6 Å². The van der Waals surface area contributed by atoms with Gasteiger partial charge in [0.25, 0.3) is 0 Å². The third kappa shape index (κ3) is 4.94. The quantitative estimate of drug-likeness (QED) is 0.338. The molecule has 8 rings (SSSR count). The largest absolute Gasteiger partial charge is 0.477 e. The van der Waals surface area contributed by atoms with Crippen molar-refractivity contribution in [1.82, 2.24) is 48.9 Å². The molecule has 1 saturated carbocycles. The van der Waals surface area contributed by atoms with Gasteiger partial charge in [0.15, 0.2) is 5.82 Å². The van der Waals surface area contributed by atoms with Gasteiger partial charge in [-0.15, -0.1) is 0 Å². The van der Waals surface area contributed by atoms with Gasteiger partial charge in [-0.25, -0.2) is 19.6 Å². The highest BCUT2D eigenvalue weighted by molar-refractivity contribution is 5.94. The monoisotopic (exact) mass is 579 g/mol. The Labute approximate surface area is 250 Å². The Balaban J connectivity index is 1.12. The van der Waals surface area contributed by atoms with Crippen molar-refractivity contribution in [2.45, 2.75) is 44.8 Å². The Morgan fingerprint density at radius 2 is 1.86 bits per heavy atom. The maximum absolute atomic E-state index is 6.26. The lowest BCUT2D eigenvalue weighted by Crippen LogP contribution is -2.46. The number of anilines is 2. The van der Waals surface area contributed by atoms with E-state index in [4.69, 9.17) is 19.8 Å². The van der Waals surface area contributed by atoms with Gasteiger partial charge in [0.2, 0.25) is 5.88 Å². The first kappa shape index (κ1) is 26.3. The zero-order valence-electron chi connectivity index (χ0n) is 24.9. The molecule has 7 heterocycles.